The third-order valence-electron chi connectivity index (χ3n) is 3.58. The van der Waals surface area contributed by atoms with Crippen LogP contribution in [0.4, 0.5) is 10.5 Å². The lowest BCUT2D eigenvalue weighted by Gasteiger charge is -2.20. The van der Waals surface area contributed by atoms with Gasteiger partial charge in [-0.3, -0.25) is 4.31 Å². The molecule has 2 N–H and O–H groups in total. The van der Waals surface area contributed by atoms with Gasteiger partial charge in [-0.2, -0.15) is 8.42 Å². The fraction of sp³-hybridized carbons (Fsp3) is 0.462. The predicted molar refractivity (Wildman–Crippen MR) is 79.4 cm³/mol. The minimum atomic E-state index is -3.93. The molecule has 0 bridgehead atoms. The number of hydrogen-bond donors (Lipinski definition) is 2. The van der Waals surface area contributed by atoms with E-state index in [1.54, 1.807) is 6.07 Å². The number of hydrogen-bond acceptors (Lipinski definition) is 5. The predicted octanol–water partition coefficient (Wildman–Crippen LogP) is 0.930. The van der Waals surface area contributed by atoms with Gasteiger partial charge in [-0.05, 0) is 37.6 Å². The van der Waals surface area contributed by atoms with Gasteiger partial charge in [0.25, 0.3) is 0 Å². The topological polar surface area (TPSA) is 87.7 Å². The lowest BCUT2D eigenvalue weighted by molar-refractivity contribution is 0.177. The molecule has 1 aliphatic rings. The molecule has 1 aromatic rings. The van der Waals surface area contributed by atoms with E-state index in [9.17, 15) is 13.2 Å². The van der Waals surface area contributed by atoms with Crippen molar-refractivity contribution in [1.82, 2.24) is 10.0 Å². The van der Waals surface area contributed by atoms with E-state index in [0.29, 0.717) is 18.7 Å². The molecule has 0 radical (unpaired) electrons. The Balaban J connectivity index is 2.28. The smallest absolute Gasteiger partial charge is 0.422 e. The zero-order valence-electron chi connectivity index (χ0n) is 12.2. The van der Waals surface area contributed by atoms with Crippen molar-refractivity contribution in [3.63, 3.8) is 0 Å². The Labute approximate surface area is 124 Å². The van der Waals surface area contributed by atoms with Crippen molar-refractivity contribution in [2.75, 3.05) is 25.0 Å². The summed E-state index contributed by atoms with van der Waals surface area (Å²) in [5, 5.41) is 3.14. The van der Waals surface area contributed by atoms with Crippen LogP contribution in [0.5, 0.6) is 0 Å². The summed E-state index contributed by atoms with van der Waals surface area (Å²) < 4.78 is 31.7. The van der Waals surface area contributed by atoms with Crippen LogP contribution in [-0.4, -0.2) is 35.2 Å². The summed E-state index contributed by atoms with van der Waals surface area (Å²) in [5.41, 5.74) is 2.64. The first-order valence-electron chi connectivity index (χ1n) is 6.57. The molecule has 1 atom stereocenters. The van der Waals surface area contributed by atoms with Crippen LogP contribution in [0.25, 0.3) is 0 Å². The van der Waals surface area contributed by atoms with Gasteiger partial charge in [-0.25, -0.2) is 9.52 Å². The summed E-state index contributed by atoms with van der Waals surface area (Å²) in [6.45, 7) is 2.34. The van der Waals surface area contributed by atoms with E-state index in [1.807, 2.05) is 30.8 Å². The van der Waals surface area contributed by atoms with Crippen molar-refractivity contribution < 1.29 is 17.9 Å². The maximum Gasteiger partial charge on any atom is 0.422 e. The molecule has 8 heteroatoms. The zero-order valence-corrected chi connectivity index (χ0v) is 13.0. The molecule has 1 amide bonds. The van der Waals surface area contributed by atoms with Crippen LogP contribution in [0.3, 0.4) is 0 Å². The molecule has 1 heterocycles. The van der Waals surface area contributed by atoms with E-state index in [0.717, 1.165) is 18.2 Å². The van der Waals surface area contributed by atoms with E-state index in [1.165, 1.54) is 4.31 Å². The third-order valence-corrected chi connectivity index (χ3v) is 4.96. The van der Waals surface area contributed by atoms with Crippen LogP contribution < -0.4 is 14.3 Å². The number of amides is 1. The molecular formula is C13H19N3O4S. The van der Waals surface area contributed by atoms with Crippen LogP contribution in [0.15, 0.2) is 18.2 Å². The van der Waals surface area contributed by atoms with Gasteiger partial charge in [0.2, 0.25) is 0 Å². The number of ether oxygens (including phenoxy) is 1. The highest BCUT2D eigenvalue weighted by molar-refractivity contribution is 7.91. The highest BCUT2D eigenvalue weighted by atomic mass is 32.2. The van der Waals surface area contributed by atoms with Gasteiger partial charge >= 0.3 is 16.3 Å². The fourth-order valence-electron chi connectivity index (χ4n) is 2.28. The summed E-state index contributed by atoms with van der Waals surface area (Å²) >= 11 is 0. The molecule has 0 aliphatic carbocycles. The van der Waals surface area contributed by atoms with E-state index in [4.69, 9.17) is 0 Å². The van der Waals surface area contributed by atoms with Crippen molar-refractivity contribution in [2.24, 2.45) is 0 Å². The number of fused-ring (bicyclic) bond motifs is 1. The van der Waals surface area contributed by atoms with Crippen LogP contribution in [-0.2, 0) is 21.4 Å². The molecule has 116 valence electrons. The molecule has 21 heavy (non-hydrogen) atoms. The minimum Gasteiger partial charge on any atom is -0.452 e. The van der Waals surface area contributed by atoms with Gasteiger partial charge in [-0.15, -0.1) is 0 Å². The molecule has 1 unspecified atom stereocenters. The van der Waals surface area contributed by atoms with Crippen molar-refractivity contribution in [3.8, 4) is 0 Å². The molecule has 0 aromatic heterocycles. The maximum absolute atomic E-state index is 12.1. The number of benzene rings is 1. The lowest BCUT2D eigenvalue weighted by atomic mass is 10.0. The van der Waals surface area contributed by atoms with E-state index < -0.39 is 16.3 Å². The number of rotatable bonds is 4. The summed E-state index contributed by atoms with van der Waals surface area (Å²) in [6.07, 6.45) is -0.384. The van der Waals surface area contributed by atoms with Gasteiger partial charge in [0.1, 0.15) is 0 Å². The Bertz CT molecular complexity index is 645. The van der Waals surface area contributed by atoms with E-state index in [2.05, 4.69) is 10.1 Å². The Morgan fingerprint density at radius 2 is 2.14 bits per heavy atom. The Morgan fingerprint density at radius 1 is 1.43 bits per heavy atom. The van der Waals surface area contributed by atoms with Crippen molar-refractivity contribution in [3.05, 3.63) is 29.3 Å². The van der Waals surface area contributed by atoms with E-state index in [-0.39, 0.29) is 6.04 Å². The second-order valence-corrected chi connectivity index (χ2v) is 6.41. The minimum absolute atomic E-state index is 0.189. The van der Waals surface area contributed by atoms with Crippen LogP contribution >= 0.6 is 0 Å². The van der Waals surface area contributed by atoms with Crippen molar-refractivity contribution in [2.45, 2.75) is 19.4 Å². The van der Waals surface area contributed by atoms with Crippen LogP contribution in [0, 0.1) is 0 Å². The molecule has 2 rings (SSSR count). The number of carbonyl (C=O) groups excluding carboxylic acids is 1. The monoisotopic (exact) mass is 313 g/mol. The molecule has 0 spiro atoms. The normalized spacial score (nSPS) is 15.5. The molecule has 1 aromatic carbocycles. The Kier molecular flexibility index (Phi) is 4.38. The highest BCUT2D eigenvalue weighted by Crippen LogP contribution is 2.32. The summed E-state index contributed by atoms with van der Waals surface area (Å²) in [5.74, 6) is 0. The number of nitrogens with one attached hydrogen (secondary N) is 2. The van der Waals surface area contributed by atoms with Crippen molar-refractivity contribution >= 4 is 22.0 Å². The standard InChI is InChI=1S/C13H19N3O4S/c1-9(14-2)10-4-5-12-11(8-10)6-7-16(12)21(18,19)15-13(17)20-3/h4-5,8-9,14H,6-7H2,1-3H3,(H,15,17). The second-order valence-electron chi connectivity index (χ2n) is 4.82. The molecule has 0 saturated heterocycles. The average Bonchev–Trinajstić information content (AvgIpc) is 2.89. The average molecular weight is 313 g/mol. The molecular weight excluding hydrogens is 294 g/mol. The third kappa shape index (κ3) is 3.11. The number of anilines is 1. The SMILES string of the molecule is CNC(C)c1ccc2c(c1)CCN2S(=O)(=O)NC(=O)OC. The van der Waals surface area contributed by atoms with Gasteiger partial charge in [0, 0.05) is 12.6 Å². The Hall–Kier alpha value is -1.80. The summed E-state index contributed by atoms with van der Waals surface area (Å²) in [4.78, 5) is 11.1. The first kappa shape index (κ1) is 15.6. The Morgan fingerprint density at radius 3 is 2.76 bits per heavy atom. The lowest BCUT2D eigenvalue weighted by Crippen LogP contribution is -2.42. The van der Waals surface area contributed by atoms with E-state index >= 15 is 0 Å². The summed E-state index contributed by atoms with van der Waals surface area (Å²) in [6, 6.07) is 5.83. The zero-order chi connectivity index (χ0) is 15.6. The number of nitrogens with zero attached hydrogens (tertiary/aromatic N) is 1. The first-order valence-corrected chi connectivity index (χ1v) is 8.01. The number of carbonyl (C=O) groups is 1. The quantitative estimate of drug-likeness (QED) is 0.863. The molecule has 7 nitrogen and oxygen atoms in total. The maximum atomic E-state index is 12.1. The molecule has 1 aliphatic heterocycles. The van der Waals surface area contributed by atoms with Gasteiger partial charge in [0.05, 0.1) is 12.8 Å². The molecule has 0 saturated carbocycles. The van der Waals surface area contributed by atoms with Crippen LogP contribution in [0.2, 0.25) is 0 Å². The first-order chi connectivity index (χ1) is 9.89. The number of methoxy groups -OCH3 is 1. The van der Waals surface area contributed by atoms with Gasteiger partial charge in [-0.1, -0.05) is 12.1 Å². The molecule has 0 fully saturated rings. The highest BCUT2D eigenvalue weighted by Gasteiger charge is 2.31. The van der Waals surface area contributed by atoms with Crippen LogP contribution in [0.1, 0.15) is 24.1 Å². The van der Waals surface area contributed by atoms with Gasteiger partial charge in [0.15, 0.2) is 0 Å². The summed E-state index contributed by atoms with van der Waals surface area (Å²) in [7, 11) is -0.941. The largest absolute Gasteiger partial charge is 0.452 e. The van der Waals surface area contributed by atoms with Crippen molar-refractivity contribution in [1.29, 1.82) is 0 Å². The second kappa shape index (κ2) is 5.90. The fourth-order valence-corrected chi connectivity index (χ4v) is 3.45. The van der Waals surface area contributed by atoms with Gasteiger partial charge < -0.3 is 10.1 Å².